The van der Waals surface area contributed by atoms with Gasteiger partial charge in [0.15, 0.2) is 0 Å². The predicted octanol–water partition coefficient (Wildman–Crippen LogP) is -2.55. The molecule has 4 unspecified atom stereocenters. The summed E-state index contributed by atoms with van der Waals surface area (Å²) in [6.45, 7) is 5.16. The fourth-order valence-electron chi connectivity index (χ4n) is 2.67. The van der Waals surface area contributed by atoms with Gasteiger partial charge in [-0.25, -0.2) is 4.79 Å². The van der Waals surface area contributed by atoms with Gasteiger partial charge in [-0.3, -0.25) is 24.0 Å². The summed E-state index contributed by atoms with van der Waals surface area (Å²) in [5, 5.41) is 16.2. The first-order valence-corrected chi connectivity index (χ1v) is 10.2. The Morgan fingerprint density at radius 2 is 1.22 bits per heavy atom. The van der Waals surface area contributed by atoms with Crippen LogP contribution in [0.1, 0.15) is 52.9 Å². The Morgan fingerprint density at radius 1 is 0.750 bits per heavy atom. The third kappa shape index (κ3) is 11.8. The van der Waals surface area contributed by atoms with Crippen molar-refractivity contribution in [1.29, 1.82) is 0 Å². The third-order valence-electron chi connectivity index (χ3n) is 4.42. The van der Waals surface area contributed by atoms with Gasteiger partial charge in [-0.1, -0.05) is 13.8 Å². The van der Waals surface area contributed by atoms with E-state index in [0.29, 0.717) is 6.42 Å². The molecular formula is C19H34N6O7. The molecule has 13 heteroatoms. The lowest BCUT2D eigenvalue weighted by Crippen LogP contribution is -2.56. The highest BCUT2D eigenvalue weighted by atomic mass is 16.4. The molecule has 0 aromatic heterocycles. The number of amides is 5. The lowest BCUT2D eigenvalue weighted by molar-refractivity contribution is -0.142. The average Bonchev–Trinajstić information content (AvgIpc) is 2.66. The molecule has 32 heavy (non-hydrogen) atoms. The van der Waals surface area contributed by atoms with Crippen LogP contribution in [0.3, 0.4) is 0 Å². The maximum atomic E-state index is 12.6. The van der Waals surface area contributed by atoms with Gasteiger partial charge in [0.1, 0.15) is 18.1 Å². The minimum Gasteiger partial charge on any atom is -0.480 e. The molecule has 4 atom stereocenters. The van der Waals surface area contributed by atoms with E-state index in [-0.39, 0.29) is 31.6 Å². The number of hydrogen-bond donors (Lipinski definition) is 7. The first-order chi connectivity index (χ1) is 14.7. The number of rotatable bonds is 15. The zero-order valence-corrected chi connectivity index (χ0v) is 18.6. The van der Waals surface area contributed by atoms with E-state index in [2.05, 4.69) is 16.0 Å². The number of primary amides is 2. The van der Waals surface area contributed by atoms with Crippen LogP contribution in [-0.4, -0.2) is 64.8 Å². The fourth-order valence-corrected chi connectivity index (χ4v) is 2.67. The Hall–Kier alpha value is -3.22. The maximum Gasteiger partial charge on any atom is 0.326 e. The van der Waals surface area contributed by atoms with Crippen molar-refractivity contribution in [1.82, 2.24) is 16.0 Å². The van der Waals surface area contributed by atoms with E-state index in [0.717, 1.165) is 0 Å². The monoisotopic (exact) mass is 458 g/mol. The van der Waals surface area contributed by atoms with E-state index < -0.39 is 59.7 Å². The number of carbonyl (C=O) groups is 6. The molecule has 0 aliphatic carbocycles. The molecule has 0 fully saturated rings. The van der Waals surface area contributed by atoms with E-state index in [1.165, 1.54) is 6.92 Å². The van der Waals surface area contributed by atoms with Crippen LogP contribution in [0.25, 0.3) is 0 Å². The molecule has 0 heterocycles. The van der Waals surface area contributed by atoms with Crippen molar-refractivity contribution >= 4 is 35.5 Å². The van der Waals surface area contributed by atoms with Gasteiger partial charge in [-0.05, 0) is 32.1 Å². The first kappa shape index (κ1) is 28.8. The van der Waals surface area contributed by atoms with Crippen LogP contribution in [0, 0.1) is 5.92 Å². The molecule has 0 radical (unpaired) electrons. The van der Waals surface area contributed by atoms with Gasteiger partial charge in [0, 0.05) is 12.8 Å². The highest BCUT2D eigenvalue weighted by Crippen LogP contribution is 2.05. The number of aliphatic carboxylic acids is 1. The van der Waals surface area contributed by atoms with E-state index in [1.807, 2.05) is 13.8 Å². The Bertz CT molecular complexity index is 712. The zero-order valence-electron chi connectivity index (χ0n) is 18.6. The number of nitrogens with two attached hydrogens (primary N) is 3. The van der Waals surface area contributed by atoms with Gasteiger partial charge in [0.25, 0.3) is 0 Å². The number of carboxylic acid groups (broad SMARTS) is 1. The van der Waals surface area contributed by atoms with Crippen molar-refractivity contribution < 1.29 is 33.9 Å². The van der Waals surface area contributed by atoms with Gasteiger partial charge >= 0.3 is 5.97 Å². The van der Waals surface area contributed by atoms with Crippen LogP contribution < -0.4 is 33.2 Å². The van der Waals surface area contributed by atoms with Crippen molar-refractivity contribution in [3.63, 3.8) is 0 Å². The molecule has 5 amide bonds. The van der Waals surface area contributed by atoms with Crippen molar-refractivity contribution in [3.8, 4) is 0 Å². The second kappa shape index (κ2) is 14.0. The van der Waals surface area contributed by atoms with E-state index in [1.54, 1.807) is 0 Å². The summed E-state index contributed by atoms with van der Waals surface area (Å²) >= 11 is 0. The molecule has 0 aromatic carbocycles. The molecule has 0 rings (SSSR count). The van der Waals surface area contributed by atoms with Crippen LogP contribution in [-0.2, 0) is 28.8 Å². The second-order valence-corrected chi connectivity index (χ2v) is 7.94. The summed E-state index contributed by atoms with van der Waals surface area (Å²) < 4.78 is 0. The Kier molecular flexibility index (Phi) is 12.6. The van der Waals surface area contributed by atoms with Crippen LogP contribution in [0.15, 0.2) is 0 Å². The van der Waals surface area contributed by atoms with Crippen molar-refractivity contribution in [2.24, 2.45) is 23.1 Å². The largest absolute Gasteiger partial charge is 0.480 e. The minimum absolute atomic E-state index is 0.165. The number of hydrogen-bond acceptors (Lipinski definition) is 7. The SMILES string of the molecule is CC(C)CC(N)C(=O)NC(C)C(=O)NC(CCC(N)=O)C(=O)NC(CCC(N)=O)C(=O)O. The molecule has 0 aliphatic heterocycles. The third-order valence-corrected chi connectivity index (χ3v) is 4.42. The van der Waals surface area contributed by atoms with Gasteiger partial charge < -0.3 is 38.3 Å². The summed E-state index contributed by atoms with van der Waals surface area (Å²) in [7, 11) is 0. The number of nitrogens with one attached hydrogen (secondary N) is 3. The highest BCUT2D eigenvalue weighted by molar-refractivity contribution is 5.94. The van der Waals surface area contributed by atoms with E-state index in [4.69, 9.17) is 17.2 Å². The Labute approximate surface area is 186 Å². The smallest absolute Gasteiger partial charge is 0.326 e. The fraction of sp³-hybridized carbons (Fsp3) is 0.684. The Balaban J connectivity index is 5.19. The average molecular weight is 459 g/mol. The van der Waals surface area contributed by atoms with Crippen LogP contribution >= 0.6 is 0 Å². The lowest BCUT2D eigenvalue weighted by Gasteiger charge is -2.23. The molecular weight excluding hydrogens is 424 g/mol. The standard InChI is InChI=1S/C19H34N6O7/c1-9(2)8-11(20)17(29)23-10(3)16(28)24-12(4-6-14(21)26)18(30)25-13(19(31)32)5-7-15(22)27/h9-13H,4-8,20H2,1-3H3,(H2,21,26)(H2,22,27)(H,23,29)(H,24,28)(H,25,30)(H,31,32). The molecule has 13 nitrogen and oxygen atoms in total. The highest BCUT2D eigenvalue weighted by Gasteiger charge is 2.29. The molecule has 0 saturated heterocycles. The number of carbonyl (C=O) groups excluding carboxylic acids is 5. The minimum atomic E-state index is -1.44. The molecule has 182 valence electrons. The zero-order chi connectivity index (χ0) is 25.0. The molecule has 10 N–H and O–H groups in total. The summed E-state index contributed by atoms with van der Waals surface area (Å²) in [5.41, 5.74) is 15.9. The van der Waals surface area contributed by atoms with Crippen molar-refractivity contribution in [3.05, 3.63) is 0 Å². The normalized spacial score (nSPS) is 14.5. The molecule has 0 saturated carbocycles. The van der Waals surface area contributed by atoms with E-state index in [9.17, 15) is 33.9 Å². The van der Waals surface area contributed by atoms with Crippen LogP contribution in [0.5, 0.6) is 0 Å². The van der Waals surface area contributed by atoms with Gasteiger partial charge in [-0.15, -0.1) is 0 Å². The van der Waals surface area contributed by atoms with Crippen molar-refractivity contribution in [2.75, 3.05) is 0 Å². The predicted molar refractivity (Wildman–Crippen MR) is 113 cm³/mol. The summed E-state index contributed by atoms with van der Waals surface area (Å²) in [4.78, 5) is 70.5. The quantitative estimate of drug-likeness (QED) is 0.137. The lowest BCUT2D eigenvalue weighted by atomic mass is 10.0. The van der Waals surface area contributed by atoms with Crippen LogP contribution in [0.2, 0.25) is 0 Å². The Morgan fingerprint density at radius 3 is 1.66 bits per heavy atom. The topological polar surface area (TPSA) is 237 Å². The summed E-state index contributed by atoms with van der Waals surface area (Å²) in [5.74, 6) is -4.91. The summed E-state index contributed by atoms with van der Waals surface area (Å²) in [6, 6.07) is -4.63. The summed E-state index contributed by atoms with van der Waals surface area (Å²) in [6.07, 6.45) is -0.603. The first-order valence-electron chi connectivity index (χ1n) is 10.2. The molecule has 0 aromatic rings. The molecule has 0 spiro atoms. The number of carboxylic acids is 1. The molecule has 0 aliphatic rings. The second-order valence-electron chi connectivity index (χ2n) is 7.94. The van der Waals surface area contributed by atoms with Gasteiger partial charge in [-0.2, -0.15) is 0 Å². The maximum absolute atomic E-state index is 12.6. The van der Waals surface area contributed by atoms with Gasteiger partial charge in [0.05, 0.1) is 6.04 Å². The van der Waals surface area contributed by atoms with Crippen LogP contribution in [0.4, 0.5) is 0 Å². The van der Waals surface area contributed by atoms with E-state index >= 15 is 0 Å². The molecule has 0 bridgehead atoms. The van der Waals surface area contributed by atoms with Crippen molar-refractivity contribution in [2.45, 2.75) is 77.0 Å². The van der Waals surface area contributed by atoms with Gasteiger partial charge in [0.2, 0.25) is 29.5 Å².